The van der Waals surface area contributed by atoms with Crippen molar-refractivity contribution >= 4 is 0 Å². The Kier molecular flexibility index (Phi) is 3.38. The third-order valence-corrected chi connectivity index (χ3v) is 2.74. The summed E-state index contributed by atoms with van der Waals surface area (Å²) in [7, 11) is 0. The van der Waals surface area contributed by atoms with Crippen LogP contribution >= 0.6 is 0 Å². The Balaban J connectivity index is 1.59. The predicted octanol–water partition coefficient (Wildman–Crippen LogP) is 0.681. The third-order valence-electron chi connectivity index (χ3n) is 2.74. The van der Waals surface area contributed by atoms with E-state index < -0.39 is 0 Å². The molecule has 0 radical (unpaired) electrons. The van der Waals surface area contributed by atoms with Crippen molar-refractivity contribution in [1.29, 1.82) is 0 Å². The van der Waals surface area contributed by atoms with Gasteiger partial charge in [0.05, 0.1) is 12.7 Å². The quantitative estimate of drug-likeness (QED) is 0.666. The molecule has 1 spiro atoms. The fourth-order valence-corrected chi connectivity index (χ4v) is 1.84. The summed E-state index contributed by atoms with van der Waals surface area (Å²) in [5, 5.41) is 8.62. The lowest BCUT2D eigenvalue weighted by Gasteiger charge is -2.35. The van der Waals surface area contributed by atoms with Gasteiger partial charge < -0.3 is 19.3 Å². The second-order valence-electron chi connectivity index (χ2n) is 4.03. The molecule has 1 unspecified atom stereocenters. The summed E-state index contributed by atoms with van der Waals surface area (Å²) in [6, 6.07) is 0. The summed E-state index contributed by atoms with van der Waals surface area (Å²) < 4.78 is 16.4. The first-order valence-electron chi connectivity index (χ1n) is 5.35. The summed E-state index contributed by atoms with van der Waals surface area (Å²) in [6.07, 6.45) is 4.33. The van der Waals surface area contributed by atoms with Gasteiger partial charge in [-0.05, 0) is 12.8 Å². The van der Waals surface area contributed by atoms with Crippen LogP contribution in [0.3, 0.4) is 0 Å². The van der Waals surface area contributed by atoms with Crippen LogP contribution in [0.5, 0.6) is 0 Å². The molecule has 2 saturated heterocycles. The van der Waals surface area contributed by atoms with Crippen molar-refractivity contribution in [1.82, 2.24) is 0 Å². The fourth-order valence-electron chi connectivity index (χ4n) is 1.84. The summed E-state index contributed by atoms with van der Waals surface area (Å²) in [4.78, 5) is 0. The van der Waals surface area contributed by atoms with E-state index >= 15 is 0 Å². The van der Waals surface area contributed by atoms with Crippen molar-refractivity contribution < 1.29 is 19.3 Å². The van der Waals surface area contributed by atoms with Gasteiger partial charge in [0.2, 0.25) is 5.79 Å². The lowest BCUT2D eigenvalue weighted by molar-refractivity contribution is -0.298. The van der Waals surface area contributed by atoms with Gasteiger partial charge in [-0.25, -0.2) is 0 Å². The molecule has 2 fully saturated rings. The molecular weight excluding hydrogens is 184 g/mol. The van der Waals surface area contributed by atoms with Crippen LogP contribution in [0.25, 0.3) is 0 Å². The van der Waals surface area contributed by atoms with Crippen molar-refractivity contribution in [2.75, 3.05) is 26.4 Å². The topological polar surface area (TPSA) is 47.9 Å². The number of unbranched alkanes of at least 4 members (excludes halogenated alkanes) is 2. The highest BCUT2D eigenvalue weighted by atomic mass is 16.8. The molecule has 0 aromatic heterocycles. The van der Waals surface area contributed by atoms with E-state index in [0.29, 0.717) is 26.4 Å². The van der Waals surface area contributed by atoms with Crippen LogP contribution in [0.15, 0.2) is 0 Å². The maximum absolute atomic E-state index is 8.62. The Morgan fingerprint density at radius 2 is 2.07 bits per heavy atom. The standard InChI is InChI=1S/C10H18O4/c11-5-3-1-2-4-9-6-13-10(14-9)7-12-8-10/h9,11H,1-8H2. The fraction of sp³-hybridized carbons (Fsp3) is 1.00. The average Bonchev–Trinajstić information content (AvgIpc) is 2.56. The highest BCUT2D eigenvalue weighted by Gasteiger charge is 2.47. The van der Waals surface area contributed by atoms with Crippen LogP contribution in [0, 0.1) is 0 Å². The number of hydrogen-bond acceptors (Lipinski definition) is 4. The van der Waals surface area contributed by atoms with Crippen molar-refractivity contribution in [3.8, 4) is 0 Å². The first-order valence-corrected chi connectivity index (χ1v) is 5.35. The molecule has 0 amide bonds. The van der Waals surface area contributed by atoms with Crippen molar-refractivity contribution in [2.24, 2.45) is 0 Å². The molecule has 82 valence electrons. The van der Waals surface area contributed by atoms with Crippen LogP contribution in [0.2, 0.25) is 0 Å². The molecular formula is C10H18O4. The SMILES string of the molecule is OCCCCCC1COC2(COC2)O1. The molecule has 2 aliphatic rings. The Morgan fingerprint density at radius 3 is 2.64 bits per heavy atom. The van der Waals surface area contributed by atoms with Crippen LogP contribution in [0.4, 0.5) is 0 Å². The second-order valence-corrected chi connectivity index (χ2v) is 4.03. The largest absolute Gasteiger partial charge is 0.396 e. The minimum Gasteiger partial charge on any atom is -0.396 e. The van der Waals surface area contributed by atoms with Gasteiger partial charge in [0.15, 0.2) is 0 Å². The van der Waals surface area contributed by atoms with E-state index in [2.05, 4.69) is 0 Å². The van der Waals surface area contributed by atoms with Gasteiger partial charge in [-0.2, -0.15) is 0 Å². The van der Waals surface area contributed by atoms with Gasteiger partial charge >= 0.3 is 0 Å². The van der Waals surface area contributed by atoms with Gasteiger partial charge in [0.25, 0.3) is 0 Å². The minimum absolute atomic E-state index is 0.234. The van der Waals surface area contributed by atoms with Crippen molar-refractivity contribution in [3.63, 3.8) is 0 Å². The maximum atomic E-state index is 8.62. The number of aliphatic hydroxyl groups is 1. The van der Waals surface area contributed by atoms with Crippen molar-refractivity contribution in [2.45, 2.75) is 37.6 Å². The third kappa shape index (κ3) is 2.25. The molecule has 2 heterocycles. The molecule has 0 aromatic carbocycles. The van der Waals surface area contributed by atoms with Crippen LogP contribution in [-0.2, 0) is 14.2 Å². The summed E-state index contributed by atoms with van der Waals surface area (Å²) in [5.41, 5.74) is 0. The molecule has 4 heteroatoms. The van der Waals surface area contributed by atoms with Gasteiger partial charge in [-0.1, -0.05) is 12.8 Å². The molecule has 0 bridgehead atoms. The number of hydrogen-bond donors (Lipinski definition) is 1. The van der Waals surface area contributed by atoms with Gasteiger partial charge in [-0.3, -0.25) is 0 Å². The van der Waals surface area contributed by atoms with E-state index in [-0.39, 0.29) is 11.9 Å². The minimum atomic E-state index is -0.387. The maximum Gasteiger partial charge on any atom is 0.216 e. The Hall–Kier alpha value is -0.160. The van der Waals surface area contributed by atoms with E-state index in [1.165, 1.54) is 0 Å². The van der Waals surface area contributed by atoms with Crippen LogP contribution in [-0.4, -0.2) is 43.4 Å². The number of rotatable bonds is 5. The normalized spacial score (nSPS) is 29.4. The Bertz CT molecular complexity index is 179. The first-order chi connectivity index (χ1) is 6.85. The molecule has 4 nitrogen and oxygen atoms in total. The molecule has 0 saturated carbocycles. The average molecular weight is 202 g/mol. The lowest BCUT2D eigenvalue weighted by atomic mass is 10.1. The molecule has 0 aliphatic carbocycles. The monoisotopic (exact) mass is 202 g/mol. The predicted molar refractivity (Wildman–Crippen MR) is 49.9 cm³/mol. The molecule has 1 N–H and O–H groups in total. The summed E-state index contributed by atoms with van der Waals surface area (Å²) >= 11 is 0. The smallest absolute Gasteiger partial charge is 0.216 e. The van der Waals surface area contributed by atoms with E-state index in [4.69, 9.17) is 19.3 Å². The van der Waals surface area contributed by atoms with Gasteiger partial charge in [0.1, 0.15) is 13.2 Å². The summed E-state index contributed by atoms with van der Waals surface area (Å²) in [5.74, 6) is -0.387. The molecule has 1 atom stereocenters. The highest BCUT2D eigenvalue weighted by molar-refractivity contribution is 4.84. The van der Waals surface area contributed by atoms with E-state index in [9.17, 15) is 0 Å². The lowest BCUT2D eigenvalue weighted by Crippen LogP contribution is -2.50. The molecule has 2 rings (SSSR count). The zero-order chi connectivity index (χ0) is 9.86. The summed E-state index contributed by atoms with van der Waals surface area (Å²) in [6.45, 7) is 2.16. The number of aliphatic hydroxyl groups excluding tert-OH is 1. The van der Waals surface area contributed by atoms with Crippen LogP contribution in [0.1, 0.15) is 25.7 Å². The molecule has 0 aromatic rings. The zero-order valence-electron chi connectivity index (χ0n) is 8.41. The molecule has 14 heavy (non-hydrogen) atoms. The van der Waals surface area contributed by atoms with Crippen LogP contribution < -0.4 is 0 Å². The second kappa shape index (κ2) is 4.57. The first kappa shape index (κ1) is 10.4. The van der Waals surface area contributed by atoms with E-state index in [1.807, 2.05) is 0 Å². The highest BCUT2D eigenvalue weighted by Crippen LogP contribution is 2.32. The Labute approximate surface area is 84.1 Å². The number of ether oxygens (including phenoxy) is 3. The molecule has 2 aliphatic heterocycles. The van der Waals surface area contributed by atoms with Gasteiger partial charge in [-0.15, -0.1) is 0 Å². The van der Waals surface area contributed by atoms with E-state index in [1.54, 1.807) is 0 Å². The Morgan fingerprint density at radius 1 is 1.21 bits per heavy atom. The zero-order valence-corrected chi connectivity index (χ0v) is 8.41. The van der Waals surface area contributed by atoms with Gasteiger partial charge in [0, 0.05) is 6.61 Å². The van der Waals surface area contributed by atoms with Crippen molar-refractivity contribution in [3.05, 3.63) is 0 Å². The van der Waals surface area contributed by atoms with E-state index in [0.717, 1.165) is 25.7 Å².